The zero-order valence-corrected chi connectivity index (χ0v) is 11.4. The van der Waals surface area contributed by atoms with Gasteiger partial charge in [-0.2, -0.15) is 0 Å². The van der Waals surface area contributed by atoms with Crippen LogP contribution >= 0.6 is 0 Å². The lowest BCUT2D eigenvalue weighted by atomic mass is 9.83. The molecule has 3 heteroatoms. The second kappa shape index (κ2) is 7.70. The molecule has 1 aliphatic rings. The van der Waals surface area contributed by atoms with E-state index in [0.29, 0.717) is 12.6 Å². The Bertz CT molecular complexity index is 218. The first-order valence-corrected chi connectivity index (χ1v) is 7.21. The van der Waals surface area contributed by atoms with Gasteiger partial charge in [-0.3, -0.25) is 4.79 Å². The Morgan fingerprint density at radius 1 is 1.29 bits per heavy atom. The minimum absolute atomic E-state index is 0.00312. The van der Waals surface area contributed by atoms with Crippen LogP contribution in [0, 0.1) is 11.8 Å². The molecule has 0 aromatic carbocycles. The molecular weight excluding hydrogens is 212 g/mol. The summed E-state index contributed by atoms with van der Waals surface area (Å²) in [7, 11) is 0. The van der Waals surface area contributed by atoms with Gasteiger partial charge in [0, 0.05) is 18.5 Å². The van der Waals surface area contributed by atoms with Crippen LogP contribution in [0.15, 0.2) is 0 Å². The van der Waals surface area contributed by atoms with Crippen LogP contribution in [0.5, 0.6) is 0 Å². The van der Waals surface area contributed by atoms with Crippen molar-refractivity contribution in [2.75, 3.05) is 6.54 Å². The zero-order valence-electron chi connectivity index (χ0n) is 11.4. The predicted molar refractivity (Wildman–Crippen MR) is 71.6 cm³/mol. The Morgan fingerprint density at radius 3 is 2.41 bits per heavy atom. The van der Waals surface area contributed by atoms with Crippen molar-refractivity contribution >= 4 is 5.91 Å². The summed E-state index contributed by atoms with van der Waals surface area (Å²) < 4.78 is 0. The molecule has 17 heavy (non-hydrogen) atoms. The van der Waals surface area contributed by atoms with Crippen molar-refractivity contribution in [3.8, 4) is 0 Å². The standard InChI is InChI=1S/C14H28N2O/c1-3-5-11-6-8-13(9-7-11)16-14(17)12(4-2)10-15/h11-13H,3-10,15H2,1-2H3,(H,16,17). The quantitative estimate of drug-likeness (QED) is 0.749. The molecule has 1 saturated carbocycles. The number of hydrogen-bond acceptors (Lipinski definition) is 2. The number of nitrogens with one attached hydrogen (secondary N) is 1. The fourth-order valence-corrected chi connectivity index (χ4v) is 2.78. The van der Waals surface area contributed by atoms with Gasteiger partial charge in [-0.25, -0.2) is 0 Å². The maximum atomic E-state index is 11.9. The number of nitrogens with two attached hydrogens (primary N) is 1. The van der Waals surface area contributed by atoms with Crippen molar-refractivity contribution in [1.82, 2.24) is 5.32 Å². The Morgan fingerprint density at radius 2 is 1.94 bits per heavy atom. The van der Waals surface area contributed by atoms with E-state index in [2.05, 4.69) is 12.2 Å². The van der Waals surface area contributed by atoms with E-state index in [-0.39, 0.29) is 11.8 Å². The SMILES string of the molecule is CCCC1CCC(NC(=O)C(CC)CN)CC1. The lowest BCUT2D eigenvalue weighted by molar-refractivity contribution is -0.125. The van der Waals surface area contributed by atoms with E-state index in [4.69, 9.17) is 5.73 Å². The van der Waals surface area contributed by atoms with Gasteiger partial charge in [0.15, 0.2) is 0 Å². The van der Waals surface area contributed by atoms with E-state index < -0.39 is 0 Å². The van der Waals surface area contributed by atoms with E-state index in [1.54, 1.807) is 0 Å². The Balaban J connectivity index is 2.27. The first kappa shape index (κ1) is 14.5. The third-order valence-electron chi connectivity index (χ3n) is 4.04. The van der Waals surface area contributed by atoms with Crippen LogP contribution in [0.1, 0.15) is 58.8 Å². The summed E-state index contributed by atoms with van der Waals surface area (Å²) in [5.74, 6) is 1.06. The molecule has 0 aliphatic heterocycles. The van der Waals surface area contributed by atoms with Crippen LogP contribution in [-0.2, 0) is 4.79 Å². The first-order valence-electron chi connectivity index (χ1n) is 7.21. The molecule has 1 amide bonds. The van der Waals surface area contributed by atoms with Crippen LogP contribution < -0.4 is 11.1 Å². The monoisotopic (exact) mass is 240 g/mol. The van der Waals surface area contributed by atoms with E-state index >= 15 is 0 Å². The fourth-order valence-electron chi connectivity index (χ4n) is 2.78. The largest absolute Gasteiger partial charge is 0.353 e. The third kappa shape index (κ3) is 4.66. The zero-order chi connectivity index (χ0) is 12.7. The molecule has 0 aromatic heterocycles. The summed E-state index contributed by atoms with van der Waals surface area (Å²) in [6, 6.07) is 0.399. The van der Waals surface area contributed by atoms with Crippen LogP contribution in [0.25, 0.3) is 0 Å². The van der Waals surface area contributed by atoms with Gasteiger partial charge in [0.05, 0.1) is 0 Å². The molecule has 0 heterocycles. The van der Waals surface area contributed by atoms with Gasteiger partial charge in [0.1, 0.15) is 0 Å². The van der Waals surface area contributed by atoms with E-state index in [1.165, 1.54) is 25.7 Å². The van der Waals surface area contributed by atoms with Crippen LogP contribution in [0.2, 0.25) is 0 Å². The summed E-state index contributed by atoms with van der Waals surface area (Å²) >= 11 is 0. The molecule has 0 saturated heterocycles. The van der Waals surface area contributed by atoms with Gasteiger partial charge in [0.2, 0.25) is 5.91 Å². The molecule has 3 N–H and O–H groups in total. The van der Waals surface area contributed by atoms with Gasteiger partial charge in [-0.1, -0.05) is 26.7 Å². The Labute approximate surface area is 106 Å². The normalized spacial score (nSPS) is 26.5. The summed E-state index contributed by atoms with van der Waals surface area (Å²) in [6.45, 7) is 4.74. The molecule has 1 aliphatic carbocycles. The predicted octanol–water partition coefficient (Wildman–Crippen LogP) is 2.45. The first-order chi connectivity index (χ1) is 8.21. The number of carbonyl (C=O) groups is 1. The molecular formula is C14H28N2O. The highest BCUT2D eigenvalue weighted by Crippen LogP contribution is 2.27. The van der Waals surface area contributed by atoms with Crippen molar-refractivity contribution in [2.45, 2.75) is 64.8 Å². The van der Waals surface area contributed by atoms with Gasteiger partial charge >= 0.3 is 0 Å². The van der Waals surface area contributed by atoms with Crippen LogP contribution in [0.4, 0.5) is 0 Å². The second-order valence-corrected chi connectivity index (χ2v) is 5.36. The molecule has 0 radical (unpaired) electrons. The summed E-state index contributed by atoms with van der Waals surface area (Å²) in [5.41, 5.74) is 5.59. The Hall–Kier alpha value is -0.570. The molecule has 0 aromatic rings. The molecule has 0 spiro atoms. The third-order valence-corrected chi connectivity index (χ3v) is 4.04. The highest BCUT2D eigenvalue weighted by molar-refractivity contribution is 5.79. The van der Waals surface area contributed by atoms with Crippen LogP contribution in [-0.4, -0.2) is 18.5 Å². The molecule has 100 valence electrons. The second-order valence-electron chi connectivity index (χ2n) is 5.36. The van der Waals surface area contributed by atoms with Crippen molar-refractivity contribution < 1.29 is 4.79 Å². The van der Waals surface area contributed by atoms with Gasteiger partial charge in [-0.15, -0.1) is 0 Å². The lowest BCUT2D eigenvalue weighted by Crippen LogP contribution is -2.42. The average Bonchev–Trinajstić information content (AvgIpc) is 2.33. The molecule has 1 atom stereocenters. The van der Waals surface area contributed by atoms with Gasteiger partial charge in [-0.05, 0) is 38.0 Å². The highest BCUT2D eigenvalue weighted by atomic mass is 16.1. The number of carbonyl (C=O) groups excluding carboxylic acids is 1. The molecule has 3 nitrogen and oxygen atoms in total. The maximum Gasteiger partial charge on any atom is 0.224 e. The lowest BCUT2D eigenvalue weighted by Gasteiger charge is -2.29. The summed E-state index contributed by atoms with van der Waals surface area (Å²) in [4.78, 5) is 11.9. The Kier molecular flexibility index (Phi) is 6.56. The van der Waals surface area contributed by atoms with Crippen LogP contribution in [0.3, 0.4) is 0 Å². The summed E-state index contributed by atoms with van der Waals surface area (Å²) in [6.07, 6.45) is 8.33. The van der Waals surface area contributed by atoms with Crippen molar-refractivity contribution in [1.29, 1.82) is 0 Å². The van der Waals surface area contributed by atoms with Gasteiger partial charge < -0.3 is 11.1 Å². The number of amides is 1. The molecule has 1 rings (SSSR count). The molecule has 0 bridgehead atoms. The van der Waals surface area contributed by atoms with Crippen molar-refractivity contribution in [3.63, 3.8) is 0 Å². The number of hydrogen-bond donors (Lipinski definition) is 2. The average molecular weight is 240 g/mol. The highest BCUT2D eigenvalue weighted by Gasteiger charge is 2.23. The van der Waals surface area contributed by atoms with Gasteiger partial charge in [0.25, 0.3) is 0 Å². The van der Waals surface area contributed by atoms with Crippen molar-refractivity contribution in [2.24, 2.45) is 17.6 Å². The molecule has 1 fully saturated rings. The topological polar surface area (TPSA) is 55.1 Å². The minimum Gasteiger partial charge on any atom is -0.353 e. The smallest absolute Gasteiger partial charge is 0.224 e. The maximum absolute atomic E-state index is 11.9. The fraction of sp³-hybridized carbons (Fsp3) is 0.929. The summed E-state index contributed by atoms with van der Waals surface area (Å²) in [5, 5.41) is 3.16. The minimum atomic E-state index is 0.00312. The van der Waals surface area contributed by atoms with E-state index in [9.17, 15) is 4.79 Å². The van der Waals surface area contributed by atoms with E-state index in [0.717, 1.165) is 25.2 Å². The van der Waals surface area contributed by atoms with Crippen molar-refractivity contribution in [3.05, 3.63) is 0 Å². The molecule has 1 unspecified atom stereocenters. The number of rotatable bonds is 6. The van der Waals surface area contributed by atoms with E-state index in [1.807, 2.05) is 6.92 Å².